The molecule has 4 heteroatoms. The van der Waals surface area contributed by atoms with Crippen molar-refractivity contribution in [2.24, 2.45) is 0 Å². The van der Waals surface area contributed by atoms with Gasteiger partial charge in [-0.2, -0.15) is 0 Å². The number of carbonyl (C=O) groups is 1. The van der Waals surface area contributed by atoms with Crippen molar-refractivity contribution in [2.75, 3.05) is 0 Å². The van der Waals surface area contributed by atoms with Crippen LogP contribution in [0.3, 0.4) is 0 Å². The van der Waals surface area contributed by atoms with E-state index in [0.717, 1.165) is 12.8 Å². The number of carboxylic acid groups (broad SMARTS) is 1. The molecule has 0 radical (unpaired) electrons. The quantitative estimate of drug-likeness (QED) is 0.280. The van der Waals surface area contributed by atoms with E-state index in [-0.39, 0.29) is 6.42 Å². The second-order valence-corrected chi connectivity index (χ2v) is 5.58. The van der Waals surface area contributed by atoms with Crippen molar-refractivity contribution in [3.63, 3.8) is 0 Å². The normalized spacial score (nSPS) is 14.6. The van der Waals surface area contributed by atoms with Crippen molar-refractivity contribution in [2.45, 2.75) is 57.7 Å². The third-order valence-electron chi connectivity index (χ3n) is 3.14. The predicted molar refractivity (Wildman–Crippen MR) is 107 cm³/mol. The first-order chi connectivity index (χ1) is 12.6. The molecule has 0 aromatic carbocycles. The van der Waals surface area contributed by atoms with Crippen molar-refractivity contribution in [3.05, 3.63) is 60.8 Å². The van der Waals surface area contributed by atoms with Crippen molar-refractivity contribution in [3.8, 4) is 11.8 Å². The van der Waals surface area contributed by atoms with E-state index in [0.29, 0.717) is 19.3 Å². The van der Waals surface area contributed by atoms with E-state index in [1.165, 1.54) is 0 Å². The molecule has 0 saturated heterocycles. The first-order valence-electron chi connectivity index (χ1n) is 8.93. The minimum Gasteiger partial charge on any atom is -0.481 e. The van der Waals surface area contributed by atoms with Crippen molar-refractivity contribution < 1.29 is 20.1 Å². The molecule has 0 amide bonds. The van der Waals surface area contributed by atoms with Crippen LogP contribution in [0, 0.1) is 11.8 Å². The minimum atomic E-state index is -0.791. The Morgan fingerprint density at radius 1 is 1.00 bits per heavy atom. The van der Waals surface area contributed by atoms with Crippen LogP contribution >= 0.6 is 0 Å². The number of hydrogen-bond donors (Lipinski definition) is 3. The van der Waals surface area contributed by atoms with E-state index in [2.05, 4.69) is 11.8 Å². The molecule has 0 rings (SSSR count). The Labute approximate surface area is 156 Å². The Morgan fingerprint density at radius 3 is 2.46 bits per heavy atom. The number of hydrogen-bond acceptors (Lipinski definition) is 3. The maximum atomic E-state index is 10.3. The van der Waals surface area contributed by atoms with E-state index >= 15 is 0 Å². The van der Waals surface area contributed by atoms with Crippen LogP contribution in [-0.2, 0) is 4.79 Å². The molecule has 0 saturated carbocycles. The van der Waals surface area contributed by atoms with Crippen LogP contribution in [0.15, 0.2) is 60.8 Å². The Bertz CT molecular complexity index is 571. The zero-order valence-electron chi connectivity index (χ0n) is 15.4. The molecule has 0 spiro atoms. The summed E-state index contributed by atoms with van der Waals surface area (Å²) in [5, 5.41) is 27.8. The molecular weight excluding hydrogens is 328 g/mol. The van der Waals surface area contributed by atoms with Gasteiger partial charge in [-0.3, -0.25) is 4.79 Å². The van der Waals surface area contributed by atoms with Gasteiger partial charge in [0.15, 0.2) is 0 Å². The second kappa shape index (κ2) is 17.5. The molecule has 0 aliphatic heterocycles. The Morgan fingerprint density at radius 2 is 1.73 bits per heavy atom. The van der Waals surface area contributed by atoms with Gasteiger partial charge in [0, 0.05) is 12.8 Å². The van der Waals surface area contributed by atoms with Gasteiger partial charge in [-0.15, -0.1) is 0 Å². The maximum absolute atomic E-state index is 10.3. The fourth-order valence-electron chi connectivity index (χ4n) is 1.80. The lowest BCUT2D eigenvalue weighted by Gasteiger charge is -1.98. The lowest BCUT2D eigenvalue weighted by Crippen LogP contribution is -1.99. The van der Waals surface area contributed by atoms with Gasteiger partial charge in [-0.25, -0.2) is 0 Å². The average Bonchev–Trinajstić information content (AvgIpc) is 2.60. The summed E-state index contributed by atoms with van der Waals surface area (Å²) < 4.78 is 0. The molecule has 2 atom stereocenters. The largest absolute Gasteiger partial charge is 0.481 e. The monoisotopic (exact) mass is 358 g/mol. The summed E-state index contributed by atoms with van der Waals surface area (Å²) in [5.41, 5.74) is 0. The summed E-state index contributed by atoms with van der Waals surface area (Å²) in [6.45, 7) is 2.04. The molecule has 0 heterocycles. The number of rotatable bonds is 12. The van der Waals surface area contributed by atoms with Crippen LogP contribution in [0.5, 0.6) is 0 Å². The van der Waals surface area contributed by atoms with Crippen molar-refractivity contribution in [1.82, 2.24) is 0 Å². The van der Waals surface area contributed by atoms with Gasteiger partial charge >= 0.3 is 5.97 Å². The molecule has 0 aromatic heterocycles. The van der Waals surface area contributed by atoms with E-state index in [9.17, 15) is 15.0 Å². The van der Waals surface area contributed by atoms with Gasteiger partial charge in [-0.05, 0) is 31.8 Å². The second-order valence-electron chi connectivity index (χ2n) is 5.58. The first-order valence-corrected chi connectivity index (χ1v) is 8.93. The number of aliphatic carboxylic acids is 1. The van der Waals surface area contributed by atoms with Crippen LogP contribution in [-0.4, -0.2) is 33.5 Å². The third-order valence-corrected chi connectivity index (χ3v) is 3.14. The predicted octanol–water partition coefficient (Wildman–Crippen LogP) is 3.94. The van der Waals surface area contributed by atoms with Gasteiger partial charge in [0.25, 0.3) is 0 Å². The highest BCUT2D eigenvalue weighted by atomic mass is 16.4. The van der Waals surface area contributed by atoms with Crippen LogP contribution in [0.2, 0.25) is 0 Å². The fourth-order valence-corrected chi connectivity index (χ4v) is 1.80. The van der Waals surface area contributed by atoms with Crippen LogP contribution in [0.25, 0.3) is 0 Å². The van der Waals surface area contributed by atoms with Gasteiger partial charge < -0.3 is 15.3 Å². The lowest BCUT2D eigenvalue weighted by atomic mass is 10.2. The Hall–Kier alpha value is -2.35. The van der Waals surface area contributed by atoms with Crippen LogP contribution < -0.4 is 0 Å². The summed E-state index contributed by atoms with van der Waals surface area (Å²) in [6.07, 6.45) is 20.4. The first kappa shape index (κ1) is 23.6. The van der Waals surface area contributed by atoms with E-state index in [1.807, 2.05) is 43.4 Å². The summed E-state index contributed by atoms with van der Waals surface area (Å²) >= 11 is 0. The lowest BCUT2D eigenvalue weighted by molar-refractivity contribution is -0.136. The highest BCUT2D eigenvalue weighted by Gasteiger charge is 1.94. The van der Waals surface area contributed by atoms with Crippen molar-refractivity contribution >= 4 is 5.97 Å². The Balaban J connectivity index is 3.92. The molecule has 4 nitrogen and oxygen atoms in total. The molecule has 26 heavy (non-hydrogen) atoms. The molecule has 142 valence electrons. The highest BCUT2D eigenvalue weighted by Crippen LogP contribution is 1.99. The molecule has 0 aliphatic rings. The third kappa shape index (κ3) is 18.0. The van der Waals surface area contributed by atoms with E-state index in [1.54, 1.807) is 24.3 Å². The van der Waals surface area contributed by atoms with Gasteiger partial charge in [0.1, 0.15) is 6.10 Å². The Kier molecular flexibility index (Phi) is 15.9. The van der Waals surface area contributed by atoms with Gasteiger partial charge in [0.05, 0.1) is 6.10 Å². The number of aliphatic hydroxyl groups is 2. The molecule has 3 N–H and O–H groups in total. The summed E-state index contributed by atoms with van der Waals surface area (Å²) in [7, 11) is 0. The summed E-state index contributed by atoms with van der Waals surface area (Å²) in [4.78, 5) is 10.3. The molecule has 0 aromatic rings. The molecule has 0 aliphatic carbocycles. The zero-order chi connectivity index (χ0) is 19.5. The number of aliphatic hydroxyl groups excluding tert-OH is 2. The fraction of sp³-hybridized carbons (Fsp3) is 0.409. The molecule has 0 bridgehead atoms. The van der Waals surface area contributed by atoms with E-state index in [4.69, 9.17) is 5.11 Å². The van der Waals surface area contributed by atoms with Gasteiger partial charge in [-0.1, -0.05) is 73.4 Å². The van der Waals surface area contributed by atoms with Crippen LogP contribution in [0.1, 0.15) is 45.4 Å². The summed E-state index contributed by atoms with van der Waals surface area (Å²) in [6, 6.07) is 0. The van der Waals surface area contributed by atoms with Gasteiger partial charge in [0.2, 0.25) is 0 Å². The number of carboxylic acids is 1. The average molecular weight is 358 g/mol. The zero-order valence-corrected chi connectivity index (χ0v) is 15.4. The maximum Gasteiger partial charge on any atom is 0.303 e. The molecule has 0 fully saturated rings. The molecule has 2 unspecified atom stereocenters. The minimum absolute atomic E-state index is 0.149. The topological polar surface area (TPSA) is 77.8 Å². The highest BCUT2D eigenvalue weighted by molar-refractivity contribution is 5.66. The molecular formula is C22H30O4. The standard InChI is InChI=1S/C22H30O4/c1-2-3-10-15-20(23)17-12-8-9-13-18-21(24)16-11-6-4-5-7-14-19-22(25)26/h3,5-11,13,18,20-21,23-24H,2,4,14-16,19H2,1H3,(H,25,26). The van der Waals surface area contributed by atoms with E-state index < -0.39 is 18.2 Å². The smallest absolute Gasteiger partial charge is 0.303 e. The number of allylic oxidation sites excluding steroid dienone is 7. The van der Waals surface area contributed by atoms with Crippen molar-refractivity contribution in [1.29, 1.82) is 0 Å². The van der Waals surface area contributed by atoms with Crippen LogP contribution in [0.4, 0.5) is 0 Å². The SMILES string of the molecule is CCC=CCC(O)C#CC=CC=CC(O)CC=CCC=CCCC(=O)O. The summed E-state index contributed by atoms with van der Waals surface area (Å²) in [5.74, 6) is 4.69.